The van der Waals surface area contributed by atoms with E-state index < -0.39 is 0 Å². The molecule has 0 saturated carbocycles. The van der Waals surface area contributed by atoms with Gasteiger partial charge in [0.25, 0.3) is 0 Å². The molecule has 40 valence electrons. The van der Waals surface area contributed by atoms with E-state index in [2.05, 4.69) is 6.92 Å². The normalized spacial score (nSPS) is 12.5. The van der Waals surface area contributed by atoms with E-state index >= 15 is 0 Å². The van der Waals surface area contributed by atoms with Crippen LogP contribution >= 0.6 is 24.0 Å². The summed E-state index contributed by atoms with van der Waals surface area (Å²) in [6.45, 7) is 4.05. The number of rotatable bonds is 1. The van der Waals surface area contributed by atoms with Crippen LogP contribution in [0.25, 0.3) is 0 Å². The lowest BCUT2D eigenvalue weighted by atomic mass is 10.4. The summed E-state index contributed by atoms with van der Waals surface area (Å²) in [5.41, 5.74) is 0. The van der Waals surface area contributed by atoms with Crippen LogP contribution in [0.15, 0.2) is 0 Å². The van der Waals surface area contributed by atoms with Crippen molar-refractivity contribution in [2.75, 3.05) is 0 Å². The topological polar surface area (TPSA) is 0 Å². The first-order valence-corrected chi connectivity index (χ1v) is 2.35. The first kappa shape index (κ1) is 9.77. The van der Waals surface area contributed by atoms with E-state index in [0.717, 1.165) is 6.42 Å². The molecule has 0 aromatic heterocycles. The molecule has 0 aromatic carbocycles. The monoisotopic (exact) mass is 128 g/mol. The molecule has 0 aliphatic rings. The van der Waals surface area contributed by atoms with Gasteiger partial charge in [-0.3, -0.25) is 0 Å². The van der Waals surface area contributed by atoms with Crippen molar-refractivity contribution in [1.82, 2.24) is 0 Å². The largest absolute Gasteiger partial charge is 0.147 e. The van der Waals surface area contributed by atoms with Crippen LogP contribution in [0.3, 0.4) is 0 Å². The third-order valence-corrected chi connectivity index (χ3v) is 0.871. The lowest BCUT2D eigenvalue weighted by Crippen LogP contribution is -1.81. The Hall–Kier alpha value is 0.580. The zero-order chi connectivity index (χ0) is 4.28. The third-order valence-electron chi connectivity index (χ3n) is 0.563. The van der Waals surface area contributed by atoms with Crippen LogP contribution in [0.1, 0.15) is 20.3 Å². The highest BCUT2D eigenvalue weighted by Gasteiger charge is 1.83. The van der Waals surface area contributed by atoms with E-state index in [-0.39, 0.29) is 12.4 Å². The van der Waals surface area contributed by atoms with Crippen LogP contribution < -0.4 is 0 Å². The zero-order valence-corrected chi connectivity index (χ0v) is 5.64. The summed E-state index contributed by atoms with van der Waals surface area (Å²) < 4.78 is 0. The summed E-state index contributed by atoms with van der Waals surface area (Å²) in [4.78, 5) is 0. The number of alkyl halides is 1. The molecular formula is C4H10Cl2. The van der Waals surface area contributed by atoms with Gasteiger partial charge in [-0.1, -0.05) is 6.92 Å². The number of hydrogen-bond donors (Lipinski definition) is 0. The maximum absolute atomic E-state index is 5.46. The fourth-order valence-electron chi connectivity index (χ4n) is 0. The number of hydrogen-bond acceptors (Lipinski definition) is 0. The van der Waals surface area contributed by atoms with Crippen molar-refractivity contribution in [3.8, 4) is 0 Å². The van der Waals surface area contributed by atoms with E-state index in [1.165, 1.54) is 0 Å². The van der Waals surface area contributed by atoms with Gasteiger partial charge in [-0.15, -0.1) is 24.0 Å². The lowest BCUT2D eigenvalue weighted by Gasteiger charge is -1.87. The fraction of sp³-hybridized carbons (Fsp3) is 1.00. The SMILES string of the molecule is CCC(C)Cl.Cl. The molecule has 0 radical (unpaired) electrons. The molecule has 0 amide bonds. The highest BCUT2D eigenvalue weighted by atomic mass is 35.5. The predicted octanol–water partition coefficient (Wildman–Crippen LogP) is 2.45. The molecule has 0 aliphatic carbocycles. The minimum atomic E-state index is 0. The van der Waals surface area contributed by atoms with Gasteiger partial charge in [0.15, 0.2) is 0 Å². The zero-order valence-electron chi connectivity index (χ0n) is 4.07. The smallest absolute Gasteiger partial charge is 0.0305 e. The Balaban J connectivity index is 0. The second kappa shape index (κ2) is 5.58. The fourth-order valence-corrected chi connectivity index (χ4v) is 0. The molecule has 0 N–H and O–H groups in total. The van der Waals surface area contributed by atoms with E-state index in [1.54, 1.807) is 0 Å². The van der Waals surface area contributed by atoms with Gasteiger partial charge in [0.2, 0.25) is 0 Å². The van der Waals surface area contributed by atoms with Crippen LogP contribution in [0.4, 0.5) is 0 Å². The molecule has 0 aliphatic heterocycles. The quantitative estimate of drug-likeness (QED) is 0.477. The van der Waals surface area contributed by atoms with Gasteiger partial charge in [0.05, 0.1) is 0 Å². The van der Waals surface area contributed by atoms with Crippen LogP contribution in [0.2, 0.25) is 0 Å². The van der Waals surface area contributed by atoms with Crippen LogP contribution in [0.5, 0.6) is 0 Å². The van der Waals surface area contributed by atoms with Crippen molar-refractivity contribution >= 4 is 24.0 Å². The average molecular weight is 129 g/mol. The standard InChI is InChI=1S/C4H9Cl.ClH/c1-3-4(2)5;/h4H,3H2,1-2H3;1H. The molecule has 1 atom stereocenters. The Labute approximate surface area is 50.3 Å². The molecular weight excluding hydrogens is 119 g/mol. The van der Waals surface area contributed by atoms with Crippen LogP contribution in [-0.4, -0.2) is 5.38 Å². The Morgan fingerprint density at radius 2 is 1.83 bits per heavy atom. The van der Waals surface area contributed by atoms with Crippen molar-refractivity contribution in [1.29, 1.82) is 0 Å². The second-order valence-corrected chi connectivity index (χ2v) is 1.93. The van der Waals surface area contributed by atoms with Gasteiger partial charge in [-0.2, -0.15) is 0 Å². The number of halogens is 2. The lowest BCUT2D eigenvalue weighted by molar-refractivity contribution is 0.895. The first-order valence-electron chi connectivity index (χ1n) is 1.91. The minimum Gasteiger partial charge on any atom is -0.147 e. The third kappa shape index (κ3) is 8.82. The molecule has 1 unspecified atom stereocenters. The van der Waals surface area contributed by atoms with Gasteiger partial charge in [-0.05, 0) is 13.3 Å². The van der Waals surface area contributed by atoms with E-state index in [0.29, 0.717) is 5.38 Å². The summed E-state index contributed by atoms with van der Waals surface area (Å²) in [6.07, 6.45) is 1.07. The second-order valence-electron chi connectivity index (χ2n) is 1.19. The summed E-state index contributed by atoms with van der Waals surface area (Å²) >= 11 is 5.46. The molecule has 0 bridgehead atoms. The van der Waals surface area contributed by atoms with Crippen molar-refractivity contribution < 1.29 is 0 Å². The maximum atomic E-state index is 5.46. The molecule has 2 heteroatoms. The van der Waals surface area contributed by atoms with E-state index in [1.807, 2.05) is 6.92 Å². The first-order chi connectivity index (χ1) is 2.27. The van der Waals surface area contributed by atoms with Gasteiger partial charge >= 0.3 is 0 Å². The molecule has 0 saturated heterocycles. The molecule has 0 aromatic rings. The van der Waals surface area contributed by atoms with Crippen molar-refractivity contribution in [2.24, 2.45) is 0 Å². The molecule has 6 heavy (non-hydrogen) atoms. The van der Waals surface area contributed by atoms with Crippen LogP contribution in [-0.2, 0) is 0 Å². The average Bonchev–Trinajstić information content (AvgIpc) is 1.38. The van der Waals surface area contributed by atoms with Gasteiger partial charge in [0.1, 0.15) is 0 Å². The summed E-state index contributed by atoms with van der Waals surface area (Å²) in [5, 5.41) is 0.356. The predicted molar refractivity (Wildman–Crippen MR) is 32.9 cm³/mol. The molecule has 0 rings (SSSR count). The van der Waals surface area contributed by atoms with Gasteiger partial charge < -0.3 is 0 Å². The van der Waals surface area contributed by atoms with Gasteiger partial charge in [0, 0.05) is 5.38 Å². The van der Waals surface area contributed by atoms with Crippen molar-refractivity contribution in [3.05, 3.63) is 0 Å². The Morgan fingerprint density at radius 3 is 1.83 bits per heavy atom. The Bertz CT molecular complexity index is 19.5. The maximum Gasteiger partial charge on any atom is 0.0305 e. The summed E-state index contributed by atoms with van der Waals surface area (Å²) in [7, 11) is 0. The minimum absolute atomic E-state index is 0. The molecule has 0 spiro atoms. The highest BCUT2D eigenvalue weighted by molar-refractivity contribution is 6.20. The van der Waals surface area contributed by atoms with E-state index in [9.17, 15) is 0 Å². The molecule has 0 fully saturated rings. The Morgan fingerprint density at radius 1 is 1.67 bits per heavy atom. The molecule has 0 heterocycles. The molecule has 0 nitrogen and oxygen atoms in total. The highest BCUT2D eigenvalue weighted by Crippen LogP contribution is 1.95. The van der Waals surface area contributed by atoms with Gasteiger partial charge in [-0.25, -0.2) is 0 Å². The Kier molecular flexibility index (Phi) is 9.08. The van der Waals surface area contributed by atoms with E-state index in [4.69, 9.17) is 11.6 Å². The summed E-state index contributed by atoms with van der Waals surface area (Å²) in [6, 6.07) is 0. The summed E-state index contributed by atoms with van der Waals surface area (Å²) in [5.74, 6) is 0. The van der Waals surface area contributed by atoms with Crippen molar-refractivity contribution in [3.63, 3.8) is 0 Å². The van der Waals surface area contributed by atoms with Crippen molar-refractivity contribution in [2.45, 2.75) is 25.6 Å². The van der Waals surface area contributed by atoms with Crippen LogP contribution in [0, 0.1) is 0 Å².